The van der Waals surface area contributed by atoms with Crippen LogP contribution in [-0.2, 0) is 7.05 Å². The molecule has 3 heterocycles. The number of nitrogens with zero attached hydrogens (tertiary/aromatic N) is 2. The lowest BCUT2D eigenvalue weighted by molar-refractivity contribution is 0.111. The Morgan fingerprint density at radius 3 is 3.27 bits per heavy atom. The Bertz CT molecular complexity index is 410. The number of hydrogen-bond acceptors (Lipinski definition) is 3. The van der Waals surface area contributed by atoms with Crippen molar-refractivity contribution in [3.8, 4) is 0 Å². The minimum absolute atomic E-state index is 0.624. The van der Waals surface area contributed by atoms with Gasteiger partial charge in [0.1, 0.15) is 5.82 Å². The van der Waals surface area contributed by atoms with E-state index in [0.29, 0.717) is 6.04 Å². The zero-order chi connectivity index (χ0) is 10.4. The normalized spacial score (nSPS) is 23.3. The van der Waals surface area contributed by atoms with E-state index in [-0.39, 0.29) is 0 Å². The van der Waals surface area contributed by atoms with Gasteiger partial charge < -0.3 is 14.8 Å². The van der Waals surface area contributed by atoms with E-state index in [4.69, 9.17) is 0 Å². The zero-order valence-electron chi connectivity index (χ0n) is 8.86. The van der Waals surface area contributed by atoms with Crippen molar-refractivity contribution in [1.29, 1.82) is 0 Å². The van der Waals surface area contributed by atoms with E-state index in [0.717, 1.165) is 30.9 Å². The molecule has 1 saturated heterocycles. The van der Waals surface area contributed by atoms with Crippen molar-refractivity contribution < 1.29 is 4.79 Å². The van der Waals surface area contributed by atoms with Crippen LogP contribution >= 0.6 is 0 Å². The SMILES string of the molecule is Cn1c(C=O)cc2c1NC[C@@H]1CCCN21. The number of carbonyl (C=O) groups excluding carboxylic acids is 1. The van der Waals surface area contributed by atoms with Crippen LogP contribution in [0.2, 0.25) is 0 Å². The first-order valence-electron chi connectivity index (χ1n) is 5.46. The molecule has 2 aliphatic rings. The van der Waals surface area contributed by atoms with Gasteiger partial charge in [0.2, 0.25) is 0 Å². The van der Waals surface area contributed by atoms with Crippen LogP contribution in [0.15, 0.2) is 6.07 Å². The first kappa shape index (κ1) is 8.83. The number of fused-ring (bicyclic) bond motifs is 3. The van der Waals surface area contributed by atoms with Gasteiger partial charge in [-0.25, -0.2) is 0 Å². The second-order valence-corrected chi connectivity index (χ2v) is 4.35. The predicted molar refractivity (Wildman–Crippen MR) is 59.7 cm³/mol. The summed E-state index contributed by atoms with van der Waals surface area (Å²) in [7, 11) is 1.94. The molecule has 1 aromatic rings. The molecule has 0 aliphatic carbocycles. The summed E-state index contributed by atoms with van der Waals surface area (Å²) in [6.45, 7) is 2.13. The molecule has 0 saturated carbocycles. The van der Waals surface area contributed by atoms with Gasteiger partial charge in [0.05, 0.1) is 11.4 Å². The van der Waals surface area contributed by atoms with Crippen LogP contribution in [0.5, 0.6) is 0 Å². The Hall–Kier alpha value is -1.45. The third kappa shape index (κ3) is 1.11. The molecule has 0 unspecified atom stereocenters. The molecule has 4 nitrogen and oxygen atoms in total. The van der Waals surface area contributed by atoms with E-state index >= 15 is 0 Å². The number of aldehydes is 1. The fourth-order valence-corrected chi connectivity index (χ4v) is 2.73. The van der Waals surface area contributed by atoms with Gasteiger partial charge in [-0.1, -0.05) is 0 Å². The highest BCUT2D eigenvalue weighted by Crippen LogP contribution is 2.37. The smallest absolute Gasteiger partial charge is 0.166 e. The van der Waals surface area contributed by atoms with E-state index in [1.807, 2.05) is 17.7 Å². The van der Waals surface area contributed by atoms with E-state index in [2.05, 4.69) is 10.2 Å². The minimum Gasteiger partial charge on any atom is -0.368 e. The molecule has 0 spiro atoms. The van der Waals surface area contributed by atoms with Crippen LogP contribution in [0.4, 0.5) is 11.5 Å². The first-order valence-corrected chi connectivity index (χ1v) is 5.46. The minimum atomic E-state index is 0.624. The van der Waals surface area contributed by atoms with Gasteiger partial charge in [0.25, 0.3) is 0 Å². The van der Waals surface area contributed by atoms with Gasteiger partial charge in [-0.05, 0) is 18.9 Å². The quantitative estimate of drug-likeness (QED) is 0.701. The van der Waals surface area contributed by atoms with Crippen molar-refractivity contribution in [2.75, 3.05) is 23.3 Å². The summed E-state index contributed by atoms with van der Waals surface area (Å²) in [5.74, 6) is 1.09. The number of aromatic nitrogens is 1. The van der Waals surface area contributed by atoms with Gasteiger partial charge >= 0.3 is 0 Å². The van der Waals surface area contributed by atoms with Crippen LogP contribution < -0.4 is 10.2 Å². The molecule has 80 valence electrons. The monoisotopic (exact) mass is 205 g/mol. The molecule has 1 N–H and O–H groups in total. The highest BCUT2D eigenvalue weighted by Gasteiger charge is 2.32. The van der Waals surface area contributed by atoms with Crippen molar-refractivity contribution in [3.63, 3.8) is 0 Å². The maximum absolute atomic E-state index is 10.9. The lowest BCUT2D eigenvalue weighted by Gasteiger charge is -2.32. The van der Waals surface area contributed by atoms with Crippen molar-refractivity contribution in [3.05, 3.63) is 11.8 Å². The van der Waals surface area contributed by atoms with E-state index in [1.54, 1.807) is 0 Å². The molecule has 0 aromatic carbocycles. The Kier molecular flexibility index (Phi) is 1.78. The maximum atomic E-state index is 10.9. The number of anilines is 2. The summed E-state index contributed by atoms with van der Waals surface area (Å²) in [5.41, 5.74) is 1.95. The van der Waals surface area contributed by atoms with Crippen molar-refractivity contribution in [2.24, 2.45) is 7.05 Å². The highest BCUT2D eigenvalue weighted by molar-refractivity contribution is 5.83. The molecule has 0 amide bonds. The zero-order valence-corrected chi connectivity index (χ0v) is 8.86. The number of hydrogen-bond donors (Lipinski definition) is 1. The van der Waals surface area contributed by atoms with Crippen LogP contribution in [0.3, 0.4) is 0 Å². The fraction of sp³-hybridized carbons (Fsp3) is 0.545. The first-order chi connectivity index (χ1) is 7.31. The van der Waals surface area contributed by atoms with Gasteiger partial charge in [-0.2, -0.15) is 0 Å². The molecule has 1 aromatic heterocycles. The average Bonchev–Trinajstić information content (AvgIpc) is 2.82. The molecule has 2 aliphatic heterocycles. The Labute approximate surface area is 88.9 Å². The van der Waals surface area contributed by atoms with E-state index in [1.165, 1.54) is 18.5 Å². The van der Waals surface area contributed by atoms with Gasteiger partial charge in [-0.15, -0.1) is 0 Å². The fourth-order valence-electron chi connectivity index (χ4n) is 2.73. The molecule has 1 atom stereocenters. The Balaban J connectivity index is 2.10. The molecule has 0 radical (unpaired) electrons. The van der Waals surface area contributed by atoms with Crippen LogP contribution in [0.25, 0.3) is 0 Å². The Morgan fingerprint density at radius 2 is 2.47 bits per heavy atom. The number of nitrogens with one attached hydrogen (secondary N) is 1. The van der Waals surface area contributed by atoms with Gasteiger partial charge in [-0.3, -0.25) is 4.79 Å². The van der Waals surface area contributed by atoms with Crippen LogP contribution in [-0.4, -0.2) is 30.0 Å². The van der Waals surface area contributed by atoms with Crippen molar-refractivity contribution >= 4 is 17.8 Å². The largest absolute Gasteiger partial charge is 0.368 e. The number of rotatable bonds is 1. The maximum Gasteiger partial charge on any atom is 0.166 e. The summed E-state index contributed by atoms with van der Waals surface area (Å²) in [5, 5.41) is 3.42. The van der Waals surface area contributed by atoms with Gasteiger partial charge in [0, 0.05) is 26.2 Å². The Morgan fingerprint density at radius 1 is 1.60 bits per heavy atom. The lowest BCUT2D eigenvalue weighted by Crippen LogP contribution is -2.39. The second kappa shape index (κ2) is 3.02. The molecule has 0 bridgehead atoms. The third-order valence-electron chi connectivity index (χ3n) is 3.56. The van der Waals surface area contributed by atoms with Gasteiger partial charge in [0.15, 0.2) is 6.29 Å². The number of carbonyl (C=O) groups is 1. The van der Waals surface area contributed by atoms with E-state index in [9.17, 15) is 4.79 Å². The topological polar surface area (TPSA) is 37.3 Å². The summed E-state index contributed by atoms with van der Waals surface area (Å²) in [4.78, 5) is 13.3. The summed E-state index contributed by atoms with van der Waals surface area (Å²) in [6.07, 6.45) is 3.44. The standard InChI is InChI=1S/C11H15N3O/c1-13-9(7-15)5-10-11(13)12-6-8-3-2-4-14(8)10/h5,7-8,12H,2-4,6H2,1H3/t8-/m0/s1. The van der Waals surface area contributed by atoms with E-state index < -0.39 is 0 Å². The van der Waals surface area contributed by atoms with Crippen LogP contribution in [0.1, 0.15) is 23.3 Å². The van der Waals surface area contributed by atoms with Crippen molar-refractivity contribution in [1.82, 2.24) is 4.57 Å². The van der Waals surface area contributed by atoms with Crippen molar-refractivity contribution in [2.45, 2.75) is 18.9 Å². The third-order valence-corrected chi connectivity index (χ3v) is 3.56. The summed E-state index contributed by atoms with van der Waals surface area (Å²) in [6, 6.07) is 2.62. The lowest BCUT2D eigenvalue weighted by atomic mass is 10.2. The molecular weight excluding hydrogens is 190 g/mol. The average molecular weight is 205 g/mol. The molecule has 3 rings (SSSR count). The molecular formula is C11H15N3O. The second-order valence-electron chi connectivity index (χ2n) is 4.35. The molecule has 15 heavy (non-hydrogen) atoms. The summed E-state index contributed by atoms with van der Waals surface area (Å²) < 4.78 is 1.94. The summed E-state index contributed by atoms with van der Waals surface area (Å²) >= 11 is 0. The van der Waals surface area contributed by atoms with Crippen LogP contribution in [0, 0.1) is 0 Å². The molecule has 1 fully saturated rings. The molecule has 4 heteroatoms. The predicted octanol–water partition coefficient (Wildman–Crippen LogP) is 1.23. The highest BCUT2D eigenvalue weighted by atomic mass is 16.1.